The molecule has 66 valence electrons. The standard InChI is InChI=1S/C9H19NO/c1-9(2)5-7(10)4-8(6-9)11-3/h7-8H,4-6,10H2,1-3H3/t7-,8+/m0/s1. The Morgan fingerprint density at radius 3 is 2.45 bits per heavy atom. The fourth-order valence-electron chi connectivity index (χ4n) is 2.09. The van der Waals surface area contributed by atoms with Crippen molar-refractivity contribution in [1.29, 1.82) is 0 Å². The average molecular weight is 157 g/mol. The van der Waals surface area contributed by atoms with Crippen molar-refractivity contribution in [1.82, 2.24) is 0 Å². The summed E-state index contributed by atoms with van der Waals surface area (Å²) in [4.78, 5) is 0. The van der Waals surface area contributed by atoms with Crippen LogP contribution in [0.1, 0.15) is 33.1 Å². The molecule has 11 heavy (non-hydrogen) atoms. The number of rotatable bonds is 1. The lowest BCUT2D eigenvalue weighted by molar-refractivity contribution is 0.0179. The zero-order valence-electron chi connectivity index (χ0n) is 7.76. The van der Waals surface area contributed by atoms with Crippen molar-refractivity contribution < 1.29 is 4.74 Å². The second-order valence-electron chi connectivity index (χ2n) is 4.43. The van der Waals surface area contributed by atoms with Gasteiger partial charge in [0.05, 0.1) is 6.10 Å². The molecule has 2 atom stereocenters. The Morgan fingerprint density at radius 2 is 2.00 bits per heavy atom. The number of nitrogens with two attached hydrogens (primary N) is 1. The Morgan fingerprint density at radius 1 is 1.36 bits per heavy atom. The zero-order chi connectivity index (χ0) is 8.48. The third kappa shape index (κ3) is 2.46. The molecule has 2 nitrogen and oxygen atoms in total. The topological polar surface area (TPSA) is 35.2 Å². The van der Waals surface area contributed by atoms with E-state index in [0.717, 1.165) is 19.3 Å². The smallest absolute Gasteiger partial charge is 0.0591 e. The molecule has 0 aromatic carbocycles. The minimum Gasteiger partial charge on any atom is -0.381 e. The monoisotopic (exact) mass is 157 g/mol. The van der Waals surface area contributed by atoms with Crippen LogP contribution in [0.3, 0.4) is 0 Å². The molecule has 0 saturated heterocycles. The van der Waals surface area contributed by atoms with E-state index in [-0.39, 0.29) is 0 Å². The highest BCUT2D eigenvalue weighted by Crippen LogP contribution is 2.35. The second kappa shape index (κ2) is 3.11. The molecule has 2 heteroatoms. The van der Waals surface area contributed by atoms with Gasteiger partial charge in [0.1, 0.15) is 0 Å². The minimum atomic E-state index is 0.337. The van der Waals surface area contributed by atoms with Crippen LogP contribution >= 0.6 is 0 Å². The summed E-state index contributed by atoms with van der Waals surface area (Å²) in [6, 6.07) is 0.337. The van der Waals surface area contributed by atoms with E-state index in [9.17, 15) is 0 Å². The Labute approximate surface area is 69.1 Å². The van der Waals surface area contributed by atoms with Crippen LogP contribution in [-0.2, 0) is 4.74 Å². The first-order valence-corrected chi connectivity index (χ1v) is 4.32. The zero-order valence-corrected chi connectivity index (χ0v) is 7.76. The molecule has 0 spiro atoms. The fourth-order valence-corrected chi connectivity index (χ4v) is 2.09. The predicted octanol–water partition coefficient (Wildman–Crippen LogP) is 1.54. The van der Waals surface area contributed by atoms with E-state index in [1.807, 2.05) is 0 Å². The third-order valence-electron chi connectivity index (χ3n) is 2.49. The maximum Gasteiger partial charge on any atom is 0.0591 e. The lowest BCUT2D eigenvalue weighted by Gasteiger charge is -2.37. The van der Waals surface area contributed by atoms with Crippen LogP contribution in [0.5, 0.6) is 0 Å². The van der Waals surface area contributed by atoms with Crippen LogP contribution < -0.4 is 5.73 Å². The highest BCUT2D eigenvalue weighted by Gasteiger charge is 2.32. The summed E-state index contributed by atoms with van der Waals surface area (Å²) < 4.78 is 5.32. The summed E-state index contributed by atoms with van der Waals surface area (Å²) in [6.07, 6.45) is 3.69. The van der Waals surface area contributed by atoms with Crippen LogP contribution in [-0.4, -0.2) is 19.3 Å². The molecule has 1 aliphatic carbocycles. The van der Waals surface area contributed by atoms with E-state index < -0.39 is 0 Å². The van der Waals surface area contributed by atoms with Crippen LogP contribution in [0.2, 0.25) is 0 Å². The van der Waals surface area contributed by atoms with Crippen LogP contribution in [0.4, 0.5) is 0 Å². The third-order valence-corrected chi connectivity index (χ3v) is 2.49. The SMILES string of the molecule is CO[C@@H]1C[C@H](N)CC(C)(C)C1. The molecule has 1 saturated carbocycles. The first kappa shape index (κ1) is 9.01. The van der Waals surface area contributed by atoms with Gasteiger partial charge >= 0.3 is 0 Å². The summed E-state index contributed by atoms with van der Waals surface area (Å²) >= 11 is 0. The van der Waals surface area contributed by atoms with Crippen molar-refractivity contribution in [2.75, 3.05) is 7.11 Å². The van der Waals surface area contributed by atoms with Gasteiger partial charge in [-0.1, -0.05) is 13.8 Å². The molecule has 0 unspecified atom stereocenters. The molecule has 0 bridgehead atoms. The van der Waals surface area contributed by atoms with E-state index in [1.54, 1.807) is 7.11 Å². The second-order valence-corrected chi connectivity index (χ2v) is 4.43. The summed E-state index contributed by atoms with van der Waals surface area (Å²) in [6.45, 7) is 4.52. The van der Waals surface area contributed by atoms with Crippen molar-refractivity contribution in [3.8, 4) is 0 Å². The number of methoxy groups -OCH3 is 1. The predicted molar refractivity (Wildman–Crippen MR) is 46.4 cm³/mol. The van der Waals surface area contributed by atoms with Gasteiger partial charge in [-0.25, -0.2) is 0 Å². The number of hydrogen-bond donors (Lipinski definition) is 1. The van der Waals surface area contributed by atoms with E-state index in [2.05, 4.69) is 13.8 Å². The van der Waals surface area contributed by atoms with Crippen molar-refractivity contribution in [3.05, 3.63) is 0 Å². The van der Waals surface area contributed by atoms with Gasteiger partial charge in [-0.05, 0) is 24.7 Å². The number of hydrogen-bond acceptors (Lipinski definition) is 2. The minimum absolute atomic E-state index is 0.337. The normalized spacial score (nSPS) is 37.1. The maximum atomic E-state index is 5.90. The molecule has 0 amide bonds. The first-order valence-electron chi connectivity index (χ1n) is 4.32. The van der Waals surface area contributed by atoms with Gasteiger partial charge < -0.3 is 10.5 Å². The van der Waals surface area contributed by atoms with Crippen LogP contribution in [0.15, 0.2) is 0 Å². The van der Waals surface area contributed by atoms with Gasteiger partial charge in [0, 0.05) is 13.2 Å². The highest BCUT2D eigenvalue weighted by molar-refractivity contribution is 4.86. The van der Waals surface area contributed by atoms with Gasteiger partial charge in [0.2, 0.25) is 0 Å². The molecule has 0 heterocycles. The lowest BCUT2D eigenvalue weighted by Crippen LogP contribution is -2.40. The molecular weight excluding hydrogens is 138 g/mol. The lowest BCUT2D eigenvalue weighted by atomic mass is 9.74. The molecule has 1 fully saturated rings. The van der Waals surface area contributed by atoms with Crippen molar-refractivity contribution in [2.24, 2.45) is 11.1 Å². The van der Waals surface area contributed by atoms with Gasteiger partial charge in [-0.3, -0.25) is 0 Å². The summed E-state index contributed by atoms with van der Waals surface area (Å²) in [5, 5.41) is 0. The van der Waals surface area contributed by atoms with Crippen molar-refractivity contribution >= 4 is 0 Å². The highest BCUT2D eigenvalue weighted by atomic mass is 16.5. The molecule has 0 aromatic rings. The number of ether oxygens (including phenoxy) is 1. The molecule has 2 N–H and O–H groups in total. The molecule has 1 rings (SSSR count). The average Bonchev–Trinajstić information content (AvgIpc) is 1.83. The Balaban J connectivity index is 2.51. The van der Waals surface area contributed by atoms with Gasteiger partial charge in [-0.2, -0.15) is 0 Å². The van der Waals surface area contributed by atoms with E-state index in [1.165, 1.54) is 0 Å². The Kier molecular flexibility index (Phi) is 2.55. The molecule has 0 radical (unpaired) electrons. The van der Waals surface area contributed by atoms with Gasteiger partial charge in [-0.15, -0.1) is 0 Å². The molecule has 0 aliphatic heterocycles. The quantitative estimate of drug-likeness (QED) is 0.626. The van der Waals surface area contributed by atoms with Crippen molar-refractivity contribution in [3.63, 3.8) is 0 Å². The summed E-state index contributed by atoms with van der Waals surface area (Å²) in [7, 11) is 1.78. The largest absolute Gasteiger partial charge is 0.381 e. The Hall–Kier alpha value is -0.0800. The molecule has 1 aliphatic rings. The fraction of sp³-hybridized carbons (Fsp3) is 1.00. The van der Waals surface area contributed by atoms with Crippen LogP contribution in [0.25, 0.3) is 0 Å². The van der Waals surface area contributed by atoms with Crippen LogP contribution in [0, 0.1) is 5.41 Å². The summed E-state index contributed by atoms with van der Waals surface area (Å²) in [5.74, 6) is 0. The summed E-state index contributed by atoms with van der Waals surface area (Å²) in [5.41, 5.74) is 6.27. The van der Waals surface area contributed by atoms with Gasteiger partial charge in [0.15, 0.2) is 0 Å². The van der Waals surface area contributed by atoms with Gasteiger partial charge in [0.25, 0.3) is 0 Å². The van der Waals surface area contributed by atoms with E-state index >= 15 is 0 Å². The molecule has 0 aromatic heterocycles. The first-order chi connectivity index (χ1) is 5.03. The van der Waals surface area contributed by atoms with E-state index in [0.29, 0.717) is 17.6 Å². The van der Waals surface area contributed by atoms with Crippen molar-refractivity contribution in [2.45, 2.75) is 45.3 Å². The van der Waals surface area contributed by atoms with E-state index in [4.69, 9.17) is 10.5 Å². The Bertz CT molecular complexity index is 134. The maximum absolute atomic E-state index is 5.90. The molecular formula is C9H19NO.